The number of nitrogens with zero attached hydrogens (tertiary/aromatic N) is 3. The molecule has 2 aromatic carbocycles. The molecule has 3 rings (SSSR count). The Morgan fingerprint density at radius 3 is 2.62 bits per heavy atom. The van der Waals surface area contributed by atoms with Crippen molar-refractivity contribution in [1.29, 1.82) is 0 Å². The van der Waals surface area contributed by atoms with Crippen LogP contribution < -0.4 is 10.1 Å². The van der Waals surface area contributed by atoms with Gasteiger partial charge in [-0.1, -0.05) is 23.7 Å². The number of halogens is 1. The number of anilines is 2. The van der Waals surface area contributed by atoms with Crippen LogP contribution in [-0.4, -0.2) is 41.1 Å². The number of hydrogen-bond donors (Lipinski definition) is 1. The van der Waals surface area contributed by atoms with Gasteiger partial charge >= 0.3 is 0 Å². The standard InChI is InChI=1S/C20H23ClN4O/c1-20(2,25(3)4)12-26-17-10-6-9-16-18(17)19(23-13-22-16)24-15-8-5-7-14(21)11-15/h5-11,13H,12H2,1-4H3,(H,22,23,24). The molecule has 0 unspecified atom stereocenters. The van der Waals surface area contributed by atoms with Crippen LogP contribution in [0.5, 0.6) is 5.75 Å². The van der Waals surface area contributed by atoms with E-state index in [4.69, 9.17) is 16.3 Å². The first kappa shape index (κ1) is 18.4. The summed E-state index contributed by atoms with van der Waals surface area (Å²) < 4.78 is 6.16. The molecule has 0 fully saturated rings. The lowest BCUT2D eigenvalue weighted by Crippen LogP contribution is -2.43. The van der Waals surface area contributed by atoms with E-state index in [2.05, 4.69) is 34.0 Å². The Bertz CT molecular complexity index is 906. The maximum atomic E-state index is 6.16. The molecule has 0 saturated carbocycles. The number of aromatic nitrogens is 2. The van der Waals surface area contributed by atoms with E-state index in [1.807, 2.05) is 56.6 Å². The highest BCUT2D eigenvalue weighted by Crippen LogP contribution is 2.32. The normalized spacial score (nSPS) is 11.8. The Morgan fingerprint density at radius 2 is 1.88 bits per heavy atom. The molecular weight excluding hydrogens is 348 g/mol. The predicted octanol–water partition coefficient (Wildman–Crippen LogP) is 4.75. The van der Waals surface area contributed by atoms with Gasteiger partial charge in [0.2, 0.25) is 0 Å². The van der Waals surface area contributed by atoms with Gasteiger partial charge in [0.25, 0.3) is 0 Å². The molecule has 0 amide bonds. The van der Waals surface area contributed by atoms with Gasteiger partial charge < -0.3 is 15.0 Å². The molecule has 26 heavy (non-hydrogen) atoms. The van der Waals surface area contributed by atoms with Crippen LogP contribution in [0.25, 0.3) is 10.9 Å². The summed E-state index contributed by atoms with van der Waals surface area (Å²) in [5.41, 5.74) is 1.59. The first-order valence-corrected chi connectivity index (χ1v) is 8.81. The molecule has 136 valence electrons. The van der Waals surface area contributed by atoms with Gasteiger partial charge in [-0.25, -0.2) is 9.97 Å². The van der Waals surface area contributed by atoms with Crippen molar-refractivity contribution >= 4 is 34.0 Å². The quantitative estimate of drug-likeness (QED) is 0.678. The van der Waals surface area contributed by atoms with E-state index < -0.39 is 0 Å². The zero-order valence-corrected chi connectivity index (χ0v) is 16.2. The third kappa shape index (κ3) is 4.06. The molecule has 0 radical (unpaired) electrons. The number of hydrogen-bond acceptors (Lipinski definition) is 5. The minimum atomic E-state index is -0.0989. The number of rotatable bonds is 6. The molecule has 5 nitrogen and oxygen atoms in total. The largest absolute Gasteiger partial charge is 0.491 e. The van der Waals surface area contributed by atoms with Crippen molar-refractivity contribution in [3.05, 3.63) is 53.8 Å². The Kier molecular flexibility index (Phi) is 5.30. The van der Waals surface area contributed by atoms with E-state index in [0.29, 0.717) is 17.4 Å². The molecule has 0 bridgehead atoms. The molecule has 0 spiro atoms. The summed E-state index contributed by atoms with van der Waals surface area (Å²) in [5, 5.41) is 4.84. The van der Waals surface area contributed by atoms with E-state index in [1.54, 1.807) is 6.33 Å². The molecule has 0 atom stereocenters. The molecule has 1 N–H and O–H groups in total. The number of ether oxygens (including phenoxy) is 1. The van der Waals surface area contributed by atoms with Crippen LogP contribution in [0.4, 0.5) is 11.5 Å². The summed E-state index contributed by atoms with van der Waals surface area (Å²) in [6, 6.07) is 13.4. The van der Waals surface area contributed by atoms with Gasteiger partial charge in [0.1, 0.15) is 24.5 Å². The van der Waals surface area contributed by atoms with E-state index in [-0.39, 0.29) is 5.54 Å². The van der Waals surface area contributed by atoms with Crippen LogP contribution in [0.15, 0.2) is 48.8 Å². The van der Waals surface area contributed by atoms with Gasteiger partial charge in [-0.2, -0.15) is 0 Å². The van der Waals surface area contributed by atoms with Gasteiger partial charge in [-0.15, -0.1) is 0 Å². The second-order valence-corrected chi connectivity index (χ2v) is 7.44. The van der Waals surface area contributed by atoms with Crippen molar-refractivity contribution in [3.8, 4) is 5.75 Å². The summed E-state index contributed by atoms with van der Waals surface area (Å²) >= 11 is 6.09. The number of fused-ring (bicyclic) bond motifs is 1. The fourth-order valence-electron chi connectivity index (χ4n) is 2.38. The van der Waals surface area contributed by atoms with Gasteiger partial charge in [-0.3, -0.25) is 0 Å². The van der Waals surface area contributed by atoms with Crippen LogP contribution in [0.3, 0.4) is 0 Å². The van der Waals surface area contributed by atoms with Crippen molar-refractivity contribution in [2.45, 2.75) is 19.4 Å². The van der Waals surface area contributed by atoms with E-state index in [1.165, 1.54) is 0 Å². The van der Waals surface area contributed by atoms with Crippen molar-refractivity contribution < 1.29 is 4.74 Å². The molecule has 0 aliphatic carbocycles. The van der Waals surface area contributed by atoms with Crippen molar-refractivity contribution in [1.82, 2.24) is 14.9 Å². The molecule has 0 aliphatic rings. The Labute approximate surface area is 159 Å². The molecule has 3 aromatic rings. The average Bonchev–Trinajstić information content (AvgIpc) is 2.60. The van der Waals surface area contributed by atoms with Gasteiger partial charge in [0, 0.05) is 16.2 Å². The monoisotopic (exact) mass is 370 g/mol. The van der Waals surface area contributed by atoms with E-state index in [9.17, 15) is 0 Å². The molecule has 0 saturated heterocycles. The highest BCUT2D eigenvalue weighted by atomic mass is 35.5. The second kappa shape index (κ2) is 7.48. The maximum Gasteiger partial charge on any atom is 0.145 e. The van der Waals surface area contributed by atoms with Crippen LogP contribution in [-0.2, 0) is 0 Å². The third-order valence-corrected chi connectivity index (χ3v) is 4.74. The smallest absolute Gasteiger partial charge is 0.145 e. The first-order valence-electron chi connectivity index (χ1n) is 8.43. The van der Waals surface area contributed by atoms with Crippen LogP contribution in [0, 0.1) is 0 Å². The predicted molar refractivity (Wildman–Crippen MR) is 108 cm³/mol. The van der Waals surface area contributed by atoms with Gasteiger partial charge in [-0.05, 0) is 58.3 Å². The molecular formula is C20H23ClN4O. The lowest BCUT2D eigenvalue weighted by molar-refractivity contribution is 0.115. The topological polar surface area (TPSA) is 50.3 Å². The number of likely N-dealkylation sites (N-methyl/N-ethyl adjacent to an activating group) is 1. The number of benzene rings is 2. The van der Waals surface area contributed by atoms with Crippen LogP contribution in [0.1, 0.15) is 13.8 Å². The fourth-order valence-corrected chi connectivity index (χ4v) is 2.57. The summed E-state index contributed by atoms with van der Waals surface area (Å²) in [4.78, 5) is 10.9. The first-order chi connectivity index (χ1) is 12.4. The third-order valence-electron chi connectivity index (χ3n) is 4.50. The SMILES string of the molecule is CN(C)C(C)(C)COc1cccc2ncnc(Nc3cccc(Cl)c3)c12. The Morgan fingerprint density at radius 1 is 1.12 bits per heavy atom. The van der Waals surface area contributed by atoms with E-state index in [0.717, 1.165) is 22.3 Å². The van der Waals surface area contributed by atoms with Crippen molar-refractivity contribution in [2.24, 2.45) is 0 Å². The minimum absolute atomic E-state index is 0.0989. The van der Waals surface area contributed by atoms with Gasteiger partial charge in [0.05, 0.1) is 10.9 Å². The lowest BCUT2D eigenvalue weighted by Gasteiger charge is -2.32. The minimum Gasteiger partial charge on any atom is -0.491 e. The zero-order valence-electron chi connectivity index (χ0n) is 15.5. The summed E-state index contributed by atoms with van der Waals surface area (Å²) in [6.45, 7) is 4.82. The van der Waals surface area contributed by atoms with Crippen LogP contribution in [0.2, 0.25) is 5.02 Å². The Balaban J connectivity index is 1.97. The molecule has 1 heterocycles. The average molecular weight is 371 g/mol. The van der Waals surface area contributed by atoms with Crippen molar-refractivity contribution in [3.63, 3.8) is 0 Å². The molecule has 0 aliphatic heterocycles. The zero-order chi connectivity index (χ0) is 18.7. The fraction of sp³-hybridized carbons (Fsp3) is 0.300. The summed E-state index contributed by atoms with van der Waals surface area (Å²) in [5.74, 6) is 1.44. The van der Waals surface area contributed by atoms with Crippen LogP contribution >= 0.6 is 11.6 Å². The second-order valence-electron chi connectivity index (χ2n) is 7.00. The van der Waals surface area contributed by atoms with E-state index >= 15 is 0 Å². The highest BCUT2D eigenvalue weighted by Gasteiger charge is 2.22. The maximum absolute atomic E-state index is 6.16. The van der Waals surface area contributed by atoms with Gasteiger partial charge in [0.15, 0.2) is 0 Å². The highest BCUT2D eigenvalue weighted by molar-refractivity contribution is 6.30. The Hall–Kier alpha value is -2.37. The lowest BCUT2D eigenvalue weighted by atomic mass is 10.1. The summed E-state index contributed by atoms with van der Waals surface area (Å²) in [7, 11) is 4.09. The van der Waals surface area contributed by atoms with Crippen molar-refractivity contribution in [2.75, 3.05) is 26.0 Å². The summed E-state index contributed by atoms with van der Waals surface area (Å²) in [6.07, 6.45) is 1.54. The number of nitrogens with one attached hydrogen (secondary N) is 1. The molecule has 1 aromatic heterocycles. The molecule has 6 heteroatoms.